The van der Waals surface area contributed by atoms with Crippen LogP contribution in [0.1, 0.15) is 53.7 Å². The Kier molecular flexibility index (Phi) is 6.21. The molecule has 1 aliphatic carbocycles. The number of nitrogens with zero attached hydrogens (tertiary/aromatic N) is 4. The van der Waals surface area contributed by atoms with Gasteiger partial charge in [-0.3, -0.25) is 19.1 Å². The first-order valence-electron chi connectivity index (χ1n) is 11.9. The molecule has 0 unspecified atom stereocenters. The molecule has 0 atom stereocenters. The quantitative estimate of drug-likeness (QED) is 0.459. The Balaban J connectivity index is 1.65. The molecule has 0 amide bonds. The molecule has 0 aliphatic heterocycles. The number of benzene rings is 2. The van der Waals surface area contributed by atoms with E-state index in [2.05, 4.69) is 5.10 Å². The molecule has 5 rings (SSSR count). The molecule has 2 heterocycles. The highest BCUT2D eigenvalue weighted by molar-refractivity contribution is 6.05. The van der Waals surface area contributed by atoms with E-state index in [0.717, 1.165) is 24.0 Å². The van der Waals surface area contributed by atoms with E-state index in [9.17, 15) is 9.59 Å². The molecule has 1 aliphatic rings. The highest BCUT2D eigenvalue weighted by Crippen LogP contribution is 2.20. The molecule has 6 heteroatoms. The summed E-state index contributed by atoms with van der Waals surface area (Å²) in [6.07, 6.45) is 7.45. The summed E-state index contributed by atoms with van der Waals surface area (Å²) in [7, 11) is 0. The summed E-state index contributed by atoms with van der Waals surface area (Å²) in [5.74, 6) is -0.285. The normalized spacial score (nSPS) is 15.0. The molecular formula is C28H28N4O2. The Morgan fingerprint density at radius 2 is 1.68 bits per heavy atom. The van der Waals surface area contributed by atoms with Gasteiger partial charge in [-0.1, -0.05) is 67.8 Å². The summed E-state index contributed by atoms with van der Waals surface area (Å²) in [6.45, 7) is 2.30. The second-order valence-corrected chi connectivity index (χ2v) is 9.00. The van der Waals surface area contributed by atoms with Crippen molar-refractivity contribution >= 4 is 16.7 Å². The zero-order valence-electron chi connectivity index (χ0n) is 19.4. The summed E-state index contributed by atoms with van der Waals surface area (Å²) < 4.78 is 2.96. The number of pyridine rings is 1. The van der Waals surface area contributed by atoms with Crippen LogP contribution in [0.15, 0.2) is 82.7 Å². The molecule has 172 valence electrons. The number of hydrogen-bond acceptors (Lipinski definition) is 4. The predicted octanol–water partition coefficient (Wildman–Crippen LogP) is 4.48. The van der Waals surface area contributed by atoms with Crippen LogP contribution in [0.25, 0.3) is 10.8 Å². The van der Waals surface area contributed by atoms with E-state index in [1.54, 1.807) is 22.9 Å². The van der Waals surface area contributed by atoms with Crippen molar-refractivity contribution in [3.8, 4) is 0 Å². The van der Waals surface area contributed by atoms with Crippen LogP contribution in [0.3, 0.4) is 0 Å². The summed E-state index contributed by atoms with van der Waals surface area (Å²) in [5.41, 5.74) is 2.67. The van der Waals surface area contributed by atoms with Crippen molar-refractivity contribution in [3.63, 3.8) is 0 Å². The molecule has 1 saturated carbocycles. The van der Waals surface area contributed by atoms with E-state index < -0.39 is 0 Å². The van der Waals surface area contributed by atoms with E-state index in [4.69, 9.17) is 4.99 Å². The SMILES string of the molecule is Cc1ccn(C(=O)c2nn(Cc3ccccc3)c(=O)c3ccccc23)c(=NC2CCCCC2)c1. The molecular weight excluding hydrogens is 424 g/mol. The first-order chi connectivity index (χ1) is 16.6. The average Bonchev–Trinajstić information content (AvgIpc) is 2.87. The summed E-state index contributed by atoms with van der Waals surface area (Å²) >= 11 is 0. The van der Waals surface area contributed by atoms with Gasteiger partial charge in [0.2, 0.25) is 0 Å². The average molecular weight is 453 g/mol. The van der Waals surface area contributed by atoms with Crippen molar-refractivity contribution in [1.29, 1.82) is 0 Å². The van der Waals surface area contributed by atoms with E-state index in [0.29, 0.717) is 22.8 Å². The number of carbonyl (C=O) groups is 1. The third-order valence-corrected chi connectivity index (χ3v) is 6.44. The Morgan fingerprint density at radius 1 is 0.971 bits per heavy atom. The Morgan fingerprint density at radius 3 is 2.44 bits per heavy atom. The number of rotatable bonds is 4. The predicted molar refractivity (Wildman–Crippen MR) is 133 cm³/mol. The minimum atomic E-state index is -0.285. The maximum absolute atomic E-state index is 13.9. The van der Waals surface area contributed by atoms with Crippen LogP contribution in [-0.4, -0.2) is 26.3 Å². The largest absolute Gasteiger partial charge is 0.284 e. The number of aromatic nitrogens is 3. The fourth-order valence-electron chi connectivity index (χ4n) is 4.63. The fourth-order valence-corrected chi connectivity index (χ4v) is 4.63. The second kappa shape index (κ2) is 9.59. The standard InChI is InChI=1S/C28H28N4O2/c1-20-16-17-31(25(18-20)29-22-12-6-3-7-13-22)28(34)26-23-14-8-9-15-24(23)27(33)32(30-26)19-21-10-4-2-5-11-21/h2,4-5,8-11,14-18,22H,3,6-7,12-13,19H2,1H3. The smallest absolute Gasteiger partial charge is 0.267 e. The molecule has 34 heavy (non-hydrogen) atoms. The van der Waals surface area contributed by atoms with Gasteiger partial charge >= 0.3 is 0 Å². The molecule has 0 saturated heterocycles. The summed E-state index contributed by atoms with van der Waals surface area (Å²) in [6, 6.07) is 20.9. The van der Waals surface area contributed by atoms with Crippen LogP contribution >= 0.6 is 0 Å². The number of hydrogen-bond donors (Lipinski definition) is 0. The van der Waals surface area contributed by atoms with Crippen LogP contribution in [0.4, 0.5) is 0 Å². The van der Waals surface area contributed by atoms with Gasteiger partial charge in [-0.2, -0.15) is 5.10 Å². The minimum absolute atomic E-state index is 0.211. The van der Waals surface area contributed by atoms with E-state index in [-0.39, 0.29) is 23.2 Å². The van der Waals surface area contributed by atoms with E-state index >= 15 is 0 Å². The highest BCUT2D eigenvalue weighted by Gasteiger charge is 2.20. The zero-order valence-corrected chi connectivity index (χ0v) is 19.4. The highest BCUT2D eigenvalue weighted by atomic mass is 16.2. The molecule has 4 aromatic rings. The summed E-state index contributed by atoms with van der Waals surface area (Å²) in [5, 5.41) is 5.61. The first-order valence-corrected chi connectivity index (χ1v) is 11.9. The van der Waals surface area contributed by atoms with Crippen LogP contribution in [0.5, 0.6) is 0 Å². The zero-order chi connectivity index (χ0) is 23.5. The van der Waals surface area contributed by atoms with Gasteiger partial charge in [-0.05, 0) is 49.1 Å². The maximum atomic E-state index is 13.9. The Hall–Kier alpha value is -3.80. The monoisotopic (exact) mass is 452 g/mol. The molecule has 2 aromatic heterocycles. The van der Waals surface area contributed by atoms with Gasteiger partial charge in [0.25, 0.3) is 11.5 Å². The van der Waals surface area contributed by atoms with Crippen molar-refractivity contribution in [2.24, 2.45) is 4.99 Å². The molecule has 6 nitrogen and oxygen atoms in total. The Labute approximate surface area is 198 Å². The molecule has 0 radical (unpaired) electrons. The fraction of sp³-hybridized carbons (Fsp3) is 0.286. The van der Waals surface area contributed by atoms with Crippen LogP contribution < -0.4 is 11.0 Å². The van der Waals surface area contributed by atoms with Gasteiger partial charge in [0.15, 0.2) is 5.69 Å². The molecule has 2 aromatic carbocycles. The number of aryl methyl sites for hydroxylation is 1. The van der Waals surface area contributed by atoms with Crippen LogP contribution in [0, 0.1) is 6.92 Å². The van der Waals surface area contributed by atoms with Crippen LogP contribution in [-0.2, 0) is 6.54 Å². The third-order valence-electron chi connectivity index (χ3n) is 6.44. The van der Waals surface area contributed by atoms with Gasteiger partial charge < -0.3 is 0 Å². The minimum Gasteiger partial charge on any atom is -0.267 e. The lowest BCUT2D eigenvalue weighted by Crippen LogP contribution is -2.33. The lowest BCUT2D eigenvalue weighted by atomic mass is 9.96. The van der Waals surface area contributed by atoms with E-state index in [1.165, 1.54) is 23.9 Å². The van der Waals surface area contributed by atoms with Gasteiger partial charge in [-0.25, -0.2) is 4.68 Å². The second-order valence-electron chi connectivity index (χ2n) is 9.00. The summed E-state index contributed by atoms with van der Waals surface area (Å²) in [4.78, 5) is 32.0. The third kappa shape index (κ3) is 4.49. The van der Waals surface area contributed by atoms with Crippen LogP contribution in [0.2, 0.25) is 0 Å². The first kappa shape index (κ1) is 22.0. The molecule has 0 spiro atoms. The van der Waals surface area contributed by atoms with Crippen molar-refractivity contribution in [3.05, 3.63) is 106 Å². The maximum Gasteiger partial charge on any atom is 0.284 e. The van der Waals surface area contributed by atoms with Gasteiger partial charge in [0, 0.05) is 11.6 Å². The number of carbonyl (C=O) groups excluding carboxylic acids is 1. The van der Waals surface area contributed by atoms with Gasteiger partial charge in [-0.15, -0.1) is 0 Å². The lowest BCUT2D eigenvalue weighted by Gasteiger charge is -2.18. The topological polar surface area (TPSA) is 69.2 Å². The number of fused-ring (bicyclic) bond motifs is 1. The molecule has 0 N–H and O–H groups in total. The lowest BCUT2D eigenvalue weighted by molar-refractivity contribution is 0.0949. The Bertz CT molecular complexity index is 1460. The molecule has 0 bridgehead atoms. The van der Waals surface area contributed by atoms with Gasteiger partial charge in [0.05, 0.1) is 18.0 Å². The molecule has 1 fully saturated rings. The van der Waals surface area contributed by atoms with E-state index in [1.807, 2.05) is 61.5 Å². The van der Waals surface area contributed by atoms with Gasteiger partial charge in [0.1, 0.15) is 5.49 Å². The van der Waals surface area contributed by atoms with Crippen molar-refractivity contribution in [1.82, 2.24) is 14.3 Å². The van der Waals surface area contributed by atoms with Crippen molar-refractivity contribution < 1.29 is 4.79 Å². The van der Waals surface area contributed by atoms with Crippen molar-refractivity contribution in [2.75, 3.05) is 0 Å². The van der Waals surface area contributed by atoms with Crippen molar-refractivity contribution in [2.45, 2.75) is 51.6 Å².